The SMILES string of the molecule is COC(=O)C1=C2C(=Nc3ccccc32)CC=C1. The van der Waals surface area contributed by atoms with E-state index in [1.807, 2.05) is 36.4 Å². The Morgan fingerprint density at radius 2 is 2.18 bits per heavy atom. The molecule has 0 unspecified atom stereocenters. The Balaban J connectivity index is 2.24. The van der Waals surface area contributed by atoms with Gasteiger partial charge in [0, 0.05) is 17.6 Å². The highest BCUT2D eigenvalue weighted by Crippen LogP contribution is 2.39. The van der Waals surface area contributed by atoms with Crippen molar-refractivity contribution in [1.82, 2.24) is 0 Å². The van der Waals surface area contributed by atoms with E-state index in [0.29, 0.717) is 5.57 Å². The molecule has 0 N–H and O–H groups in total. The van der Waals surface area contributed by atoms with Gasteiger partial charge >= 0.3 is 5.97 Å². The molecule has 0 amide bonds. The molecule has 3 nitrogen and oxygen atoms in total. The fraction of sp³-hybridized carbons (Fsp3) is 0.143. The number of hydrogen-bond donors (Lipinski definition) is 0. The zero-order chi connectivity index (χ0) is 11.8. The lowest BCUT2D eigenvalue weighted by atomic mass is 9.91. The van der Waals surface area contributed by atoms with Crippen LogP contribution in [0, 0.1) is 0 Å². The van der Waals surface area contributed by atoms with Crippen molar-refractivity contribution in [1.29, 1.82) is 0 Å². The summed E-state index contributed by atoms with van der Waals surface area (Å²) >= 11 is 0. The summed E-state index contributed by atoms with van der Waals surface area (Å²) in [5.41, 5.74) is 4.43. The van der Waals surface area contributed by atoms with Crippen molar-refractivity contribution in [2.45, 2.75) is 6.42 Å². The molecule has 0 saturated carbocycles. The molecule has 0 bridgehead atoms. The molecular weight excluding hydrogens is 214 g/mol. The fourth-order valence-electron chi connectivity index (χ4n) is 2.24. The van der Waals surface area contributed by atoms with Crippen LogP contribution in [0.3, 0.4) is 0 Å². The van der Waals surface area contributed by atoms with Crippen LogP contribution >= 0.6 is 0 Å². The van der Waals surface area contributed by atoms with Gasteiger partial charge in [0.15, 0.2) is 0 Å². The van der Waals surface area contributed by atoms with Crippen LogP contribution in [-0.4, -0.2) is 18.8 Å². The molecule has 3 heteroatoms. The van der Waals surface area contributed by atoms with Gasteiger partial charge in [-0.05, 0) is 6.07 Å². The summed E-state index contributed by atoms with van der Waals surface area (Å²) in [6, 6.07) is 7.86. The molecule has 0 radical (unpaired) electrons. The molecule has 1 heterocycles. The lowest BCUT2D eigenvalue weighted by Crippen LogP contribution is -2.12. The van der Waals surface area contributed by atoms with Crippen molar-refractivity contribution in [3.05, 3.63) is 47.6 Å². The molecule has 1 aromatic carbocycles. The number of para-hydroxylation sites is 1. The predicted molar refractivity (Wildman–Crippen MR) is 66.2 cm³/mol. The van der Waals surface area contributed by atoms with Gasteiger partial charge in [-0.2, -0.15) is 0 Å². The van der Waals surface area contributed by atoms with Crippen LogP contribution in [0.5, 0.6) is 0 Å². The Hall–Kier alpha value is -2.16. The highest BCUT2D eigenvalue weighted by Gasteiger charge is 2.27. The van der Waals surface area contributed by atoms with Crippen molar-refractivity contribution in [2.75, 3.05) is 7.11 Å². The fourth-order valence-corrected chi connectivity index (χ4v) is 2.24. The van der Waals surface area contributed by atoms with E-state index >= 15 is 0 Å². The smallest absolute Gasteiger partial charge is 0.338 e. The first kappa shape index (κ1) is 10.0. The van der Waals surface area contributed by atoms with Gasteiger partial charge in [0.2, 0.25) is 0 Å². The minimum absolute atomic E-state index is 0.305. The number of nitrogens with zero attached hydrogens (tertiary/aromatic N) is 1. The van der Waals surface area contributed by atoms with Gasteiger partial charge in [-0.15, -0.1) is 0 Å². The Morgan fingerprint density at radius 1 is 1.35 bits per heavy atom. The first-order valence-corrected chi connectivity index (χ1v) is 5.47. The van der Waals surface area contributed by atoms with Crippen LogP contribution < -0.4 is 0 Å². The van der Waals surface area contributed by atoms with Crippen molar-refractivity contribution in [3.8, 4) is 0 Å². The Labute approximate surface area is 99.1 Å². The molecule has 3 rings (SSSR count). The first-order valence-electron chi connectivity index (χ1n) is 5.47. The molecule has 1 aliphatic heterocycles. The van der Waals surface area contributed by atoms with Crippen molar-refractivity contribution < 1.29 is 9.53 Å². The molecule has 84 valence electrons. The summed E-state index contributed by atoms with van der Waals surface area (Å²) in [6.45, 7) is 0. The monoisotopic (exact) mass is 225 g/mol. The number of esters is 1. The summed E-state index contributed by atoms with van der Waals surface area (Å²) in [6.07, 6.45) is 4.53. The number of rotatable bonds is 1. The second-order valence-corrected chi connectivity index (χ2v) is 3.96. The van der Waals surface area contributed by atoms with Gasteiger partial charge in [0.05, 0.1) is 24.1 Å². The average Bonchev–Trinajstić information content (AvgIpc) is 2.76. The van der Waals surface area contributed by atoms with Crippen molar-refractivity contribution in [2.24, 2.45) is 4.99 Å². The largest absolute Gasteiger partial charge is 0.465 e. The van der Waals surface area contributed by atoms with E-state index in [1.54, 1.807) is 0 Å². The zero-order valence-corrected chi connectivity index (χ0v) is 9.43. The molecule has 0 atom stereocenters. The maximum Gasteiger partial charge on any atom is 0.338 e. The molecule has 0 spiro atoms. The first-order chi connectivity index (χ1) is 8.31. The lowest BCUT2D eigenvalue weighted by Gasteiger charge is -2.12. The van der Waals surface area contributed by atoms with E-state index in [9.17, 15) is 4.79 Å². The van der Waals surface area contributed by atoms with Crippen molar-refractivity contribution >= 4 is 22.9 Å². The van der Waals surface area contributed by atoms with E-state index in [1.165, 1.54) is 7.11 Å². The quantitative estimate of drug-likeness (QED) is 0.689. The van der Waals surface area contributed by atoms with Crippen LogP contribution in [0.15, 0.2) is 47.0 Å². The molecule has 17 heavy (non-hydrogen) atoms. The molecule has 0 aromatic heterocycles. The maximum absolute atomic E-state index is 11.7. The number of fused-ring (bicyclic) bond motifs is 3. The van der Waals surface area contributed by atoms with E-state index < -0.39 is 0 Å². The Kier molecular flexibility index (Phi) is 2.18. The number of carbonyl (C=O) groups excluding carboxylic acids is 1. The number of methoxy groups -OCH3 is 1. The third-order valence-electron chi connectivity index (χ3n) is 2.99. The summed E-state index contributed by atoms with van der Waals surface area (Å²) < 4.78 is 4.81. The molecular formula is C14H11NO2. The van der Waals surface area contributed by atoms with Gasteiger partial charge in [-0.3, -0.25) is 4.99 Å². The van der Waals surface area contributed by atoms with Crippen LogP contribution in [0.25, 0.3) is 5.57 Å². The molecule has 0 fully saturated rings. The topological polar surface area (TPSA) is 38.7 Å². The molecule has 1 aliphatic carbocycles. The van der Waals surface area contributed by atoms with Gasteiger partial charge < -0.3 is 4.74 Å². The number of ether oxygens (including phenoxy) is 1. The standard InChI is InChI=1S/C14H11NO2/c1-17-14(16)10-6-4-8-12-13(10)9-5-2-3-7-11(9)15-12/h2-7H,8H2,1H3. The van der Waals surface area contributed by atoms with Crippen LogP contribution in [-0.2, 0) is 9.53 Å². The van der Waals surface area contributed by atoms with E-state index in [2.05, 4.69) is 4.99 Å². The summed E-state index contributed by atoms with van der Waals surface area (Å²) in [7, 11) is 1.40. The number of allylic oxidation sites excluding steroid dienone is 2. The van der Waals surface area contributed by atoms with Gasteiger partial charge in [0.1, 0.15) is 0 Å². The van der Waals surface area contributed by atoms with E-state index in [-0.39, 0.29) is 5.97 Å². The van der Waals surface area contributed by atoms with Gasteiger partial charge in [-0.1, -0.05) is 30.4 Å². The van der Waals surface area contributed by atoms with Crippen molar-refractivity contribution in [3.63, 3.8) is 0 Å². The molecule has 2 aliphatic rings. The van der Waals surface area contributed by atoms with E-state index in [4.69, 9.17) is 4.74 Å². The van der Waals surface area contributed by atoms with E-state index in [0.717, 1.165) is 29.0 Å². The maximum atomic E-state index is 11.7. The summed E-state index contributed by atoms with van der Waals surface area (Å²) in [4.78, 5) is 16.3. The third-order valence-corrected chi connectivity index (χ3v) is 2.99. The molecule has 1 aromatic rings. The highest BCUT2D eigenvalue weighted by atomic mass is 16.5. The lowest BCUT2D eigenvalue weighted by molar-refractivity contribution is -0.135. The number of aliphatic imine (C=N–C) groups is 1. The molecule has 0 saturated heterocycles. The minimum atomic E-state index is -0.305. The number of carbonyl (C=O) groups is 1. The predicted octanol–water partition coefficient (Wildman–Crippen LogP) is 2.66. The zero-order valence-electron chi connectivity index (χ0n) is 9.43. The van der Waals surface area contributed by atoms with Crippen LogP contribution in [0.1, 0.15) is 12.0 Å². The number of benzene rings is 1. The summed E-state index contributed by atoms with van der Waals surface area (Å²) in [5, 5.41) is 0. The second kappa shape index (κ2) is 3.70. The average molecular weight is 225 g/mol. The van der Waals surface area contributed by atoms with Crippen LogP contribution in [0.2, 0.25) is 0 Å². The minimum Gasteiger partial charge on any atom is -0.465 e. The number of hydrogen-bond acceptors (Lipinski definition) is 3. The Bertz CT molecular complexity index is 594. The Morgan fingerprint density at radius 3 is 3.00 bits per heavy atom. The third kappa shape index (κ3) is 1.43. The normalized spacial score (nSPS) is 16.4. The second-order valence-electron chi connectivity index (χ2n) is 3.96. The van der Waals surface area contributed by atoms with Crippen LogP contribution in [0.4, 0.5) is 5.69 Å². The van der Waals surface area contributed by atoms with Gasteiger partial charge in [0.25, 0.3) is 0 Å². The summed E-state index contributed by atoms with van der Waals surface area (Å²) in [5.74, 6) is -0.305. The highest BCUT2D eigenvalue weighted by molar-refractivity contribution is 6.34. The van der Waals surface area contributed by atoms with Gasteiger partial charge in [-0.25, -0.2) is 4.79 Å².